The molecule has 0 atom stereocenters. The molecule has 0 radical (unpaired) electrons. The first-order chi connectivity index (χ1) is 10.2. The van der Waals surface area contributed by atoms with Gasteiger partial charge in [0.25, 0.3) is 0 Å². The van der Waals surface area contributed by atoms with Crippen LogP contribution < -0.4 is 10.1 Å². The van der Waals surface area contributed by atoms with Crippen LogP contribution in [0, 0.1) is 11.3 Å². The first-order valence-corrected chi connectivity index (χ1v) is 6.66. The lowest BCUT2D eigenvalue weighted by atomic mass is 10.3. The van der Waals surface area contributed by atoms with E-state index in [0.717, 1.165) is 0 Å². The van der Waals surface area contributed by atoms with Crippen molar-refractivity contribution in [2.75, 3.05) is 11.9 Å². The van der Waals surface area contributed by atoms with Gasteiger partial charge in [0.05, 0.1) is 4.47 Å². The highest BCUT2D eigenvalue weighted by Gasteiger charge is 2.02. The lowest BCUT2D eigenvalue weighted by Crippen LogP contribution is -2.04. The molecule has 2 N–H and O–H groups in total. The van der Waals surface area contributed by atoms with E-state index < -0.39 is 0 Å². The van der Waals surface area contributed by atoms with Crippen molar-refractivity contribution in [3.05, 3.63) is 58.8 Å². The van der Waals surface area contributed by atoms with Crippen LogP contribution in [0.3, 0.4) is 0 Å². The molecule has 6 nitrogen and oxygen atoms in total. The van der Waals surface area contributed by atoms with Crippen LogP contribution in [0.2, 0.25) is 0 Å². The molecule has 1 heterocycles. The van der Waals surface area contributed by atoms with Crippen LogP contribution in [0.1, 0.15) is 0 Å². The van der Waals surface area contributed by atoms with Crippen LogP contribution in [0.5, 0.6) is 6.01 Å². The quantitative estimate of drug-likeness (QED) is 0.776. The number of nitrogens with zero attached hydrogens (tertiary/aromatic N) is 3. The average Bonchev–Trinajstić information content (AvgIpc) is 2.52. The highest BCUT2D eigenvalue weighted by molar-refractivity contribution is 9.10. The van der Waals surface area contributed by atoms with Gasteiger partial charge in [-0.25, -0.2) is 19.9 Å². The second kappa shape index (κ2) is 7.44. The van der Waals surface area contributed by atoms with Crippen LogP contribution >= 0.6 is 15.9 Å². The van der Waals surface area contributed by atoms with Crippen molar-refractivity contribution in [3.63, 3.8) is 0 Å². The second-order valence-corrected chi connectivity index (χ2v) is 4.70. The Morgan fingerprint density at radius 3 is 2.86 bits per heavy atom. The molecular formula is C13H11BrFN5O. The lowest BCUT2D eigenvalue weighted by molar-refractivity contribution is 0.320. The predicted octanol–water partition coefficient (Wildman–Crippen LogP) is 3.74. The fourth-order valence-corrected chi connectivity index (χ4v) is 1.74. The Labute approximate surface area is 128 Å². The van der Waals surface area contributed by atoms with Crippen molar-refractivity contribution >= 4 is 21.6 Å². The van der Waals surface area contributed by atoms with Gasteiger partial charge < -0.3 is 10.1 Å². The standard InChI is InChI=1S/C13H11BrFN5O/c14-11-6-9(2-3-12(11)15)19-7-10(20-16)8-21-13-17-4-1-5-18-13/h1-7,16,19H,8H2/b10-7-,20-16?. The summed E-state index contributed by atoms with van der Waals surface area (Å²) in [6, 6.07) is 6.35. The van der Waals surface area contributed by atoms with Crippen molar-refractivity contribution in [1.82, 2.24) is 9.97 Å². The van der Waals surface area contributed by atoms with E-state index >= 15 is 0 Å². The summed E-state index contributed by atoms with van der Waals surface area (Å²) in [5.74, 6) is -0.348. The van der Waals surface area contributed by atoms with E-state index in [1.165, 1.54) is 12.3 Å². The number of nitrogens with one attached hydrogen (secondary N) is 2. The molecule has 1 aromatic heterocycles. The molecular weight excluding hydrogens is 341 g/mol. The number of anilines is 1. The molecule has 0 bridgehead atoms. The Morgan fingerprint density at radius 2 is 2.19 bits per heavy atom. The zero-order valence-electron chi connectivity index (χ0n) is 10.8. The predicted molar refractivity (Wildman–Crippen MR) is 78.5 cm³/mol. The topological polar surface area (TPSA) is 83.2 Å². The lowest BCUT2D eigenvalue weighted by Gasteiger charge is -2.05. The summed E-state index contributed by atoms with van der Waals surface area (Å²) in [5.41, 5.74) is 8.08. The maximum absolute atomic E-state index is 13.1. The Bertz CT molecular complexity index is 650. The van der Waals surface area contributed by atoms with Gasteiger partial charge in [-0.15, -0.1) is 0 Å². The van der Waals surface area contributed by atoms with Crippen LogP contribution in [-0.4, -0.2) is 16.6 Å². The highest BCUT2D eigenvalue weighted by atomic mass is 79.9. The van der Waals surface area contributed by atoms with E-state index in [4.69, 9.17) is 10.3 Å². The molecule has 0 unspecified atom stereocenters. The number of ether oxygens (including phenoxy) is 1. The minimum Gasteiger partial charge on any atom is -0.457 e. The van der Waals surface area contributed by atoms with Gasteiger partial charge >= 0.3 is 6.01 Å². The Kier molecular flexibility index (Phi) is 5.33. The fourth-order valence-electron chi connectivity index (χ4n) is 1.36. The summed E-state index contributed by atoms with van der Waals surface area (Å²) in [4.78, 5) is 7.79. The van der Waals surface area contributed by atoms with Gasteiger partial charge in [-0.05, 0) is 40.2 Å². The molecule has 2 aromatic rings. The molecule has 0 aliphatic carbocycles. The summed E-state index contributed by atoms with van der Waals surface area (Å²) in [6.07, 6.45) is 4.60. The third-order valence-corrected chi connectivity index (χ3v) is 2.97. The molecule has 2 rings (SSSR count). The molecule has 0 saturated heterocycles. The van der Waals surface area contributed by atoms with E-state index in [2.05, 4.69) is 36.3 Å². The molecule has 0 aliphatic rings. The SMILES string of the molecule is N=N/C(=C\Nc1ccc(F)c(Br)c1)COc1ncccn1. The smallest absolute Gasteiger partial charge is 0.316 e. The van der Waals surface area contributed by atoms with Crippen LogP contribution in [-0.2, 0) is 0 Å². The summed E-state index contributed by atoms with van der Waals surface area (Å²) in [5, 5.41) is 6.25. The molecule has 0 aliphatic heterocycles. The number of halogens is 2. The van der Waals surface area contributed by atoms with Crippen molar-refractivity contribution in [1.29, 1.82) is 5.53 Å². The largest absolute Gasteiger partial charge is 0.457 e. The zero-order chi connectivity index (χ0) is 15.1. The maximum atomic E-state index is 13.1. The number of hydrogen-bond donors (Lipinski definition) is 2. The molecule has 0 saturated carbocycles. The van der Waals surface area contributed by atoms with Gasteiger partial charge in [0.2, 0.25) is 0 Å². The highest BCUT2D eigenvalue weighted by Crippen LogP contribution is 2.20. The van der Waals surface area contributed by atoms with E-state index in [9.17, 15) is 4.39 Å². The van der Waals surface area contributed by atoms with E-state index in [1.54, 1.807) is 30.6 Å². The average molecular weight is 352 g/mol. The third kappa shape index (κ3) is 4.60. The summed E-state index contributed by atoms with van der Waals surface area (Å²) < 4.78 is 18.7. The number of hydrogen-bond acceptors (Lipinski definition) is 6. The van der Waals surface area contributed by atoms with Gasteiger partial charge in [-0.3, -0.25) is 0 Å². The fraction of sp³-hybridized carbons (Fsp3) is 0.0769. The zero-order valence-corrected chi connectivity index (χ0v) is 12.3. The number of aromatic nitrogens is 2. The number of rotatable bonds is 6. The van der Waals surface area contributed by atoms with E-state index in [-0.39, 0.29) is 18.4 Å². The summed E-state index contributed by atoms with van der Waals surface area (Å²) in [6.45, 7) is 0.0445. The normalized spacial score (nSPS) is 11.0. The van der Waals surface area contributed by atoms with Crippen LogP contribution in [0.4, 0.5) is 10.1 Å². The minimum atomic E-state index is -0.348. The van der Waals surface area contributed by atoms with Crippen molar-refractivity contribution < 1.29 is 9.13 Å². The minimum absolute atomic E-state index is 0.0445. The first kappa shape index (κ1) is 15.0. The summed E-state index contributed by atoms with van der Waals surface area (Å²) >= 11 is 3.09. The van der Waals surface area contributed by atoms with Crippen molar-refractivity contribution in [2.24, 2.45) is 5.11 Å². The Hall–Kier alpha value is -2.35. The molecule has 1 aromatic carbocycles. The second-order valence-electron chi connectivity index (χ2n) is 3.84. The van der Waals surface area contributed by atoms with E-state index in [1.807, 2.05) is 0 Å². The van der Waals surface area contributed by atoms with Gasteiger partial charge in [0.1, 0.15) is 18.1 Å². The molecule has 0 spiro atoms. The Balaban J connectivity index is 1.96. The van der Waals surface area contributed by atoms with Gasteiger partial charge in [-0.2, -0.15) is 5.11 Å². The van der Waals surface area contributed by atoms with Crippen LogP contribution in [0.25, 0.3) is 0 Å². The third-order valence-electron chi connectivity index (χ3n) is 2.36. The van der Waals surface area contributed by atoms with Crippen molar-refractivity contribution in [2.45, 2.75) is 0 Å². The Morgan fingerprint density at radius 1 is 1.43 bits per heavy atom. The maximum Gasteiger partial charge on any atom is 0.316 e. The first-order valence-electron chi connectivity index (χ1n) is 5.87. The van der Waals surface area contributed by atoms with Gasteiger partial charge in [0.15, 0.2) is 0 Å². The molecule has 8 heteroatoms. The summed E-state index contributed by atoms with van der Waals surface area (Å²) in [7, 11) is 0. The van der Waals surface area contributed by atoms with Crippen molar-refractivity contribution in [3.8, 4) is 6.01 Å². The molecule has 0 fully saturated rings. The van der Waals surface area contributed by atoms with Gasteiger partial charge in [0, 0.05) is 24.3 Å². The molecule has 21 heavy (non-hydrogen) atoms. The monoisotopic (exact) mass is 351 g/mol. The van der Waals surface area contributed by atoms with E-state index in [0.29, 0.717) is 15.9 Å². The van der Waals surface area contributed by atoms with Crippen LogP contribution in [0.15, 0.2) is 58.1 Å². The molecule has 0 amide bonds. The van der Waals surface area contributed by atoms with Gasteiger partial charge in [-0.1, -0.05) is 0 Å². The molecule has 108 valence electrons. The number of benzene rings is 1.